The van der Waals surface area contributed by atoms with Gasteiger partial charge in [0.05, 0.1) is 19.3 Å². The third-order valence-corrected chi connectivity index (χ3v) is 4.15. The third kappa shape index (κ3) is 3.47. The van der Waals surface area contributed by atoms with Crippen molar-refractivity contribution in [2.75, 3.05) is 7.11 Å². The molecule has 5 heteroatoms. The maximum absolute atomic E-state index is 5.12. The fourth-order valence-corrected chi connectivity index (χ4v) is 2.81. The number of hydrogen-bond acceptors (Lipinski definition) is 4. The van der Waals surface area contributed by atoms with Crippen molar-refractivity contribution in [3.05, 3.63) is 84.9 Å². The molecule has 4 aromatic rings. The van der Waals surface area contributed by atoms with Gasteiger partial charge < -0.3 is 4.74 Å². The molecule has 0 radical (unpaired) electrons. The molecule has 0 N–H and O–H groups in total. The standard InChI is InChI=1S/C21H18N4O/c1-26-21-8-7-19(14-23-21)17-5-2-6-18(12-17)20-9-11-25(24-20)15-16-4-3-10-22-13-16/h2-14H,15H2,1H3. The molecule has 0 unspecified atom stereocenters. The Hall–Kier alpha value is -3.47. The lowest BCUT2D eigenvalue weighted by atomic mass is 10.0. The maximum Gasteiger partial charge on any atom is 0.212 e. The molecule has 0 saturated heterocycles. The molecule has 0 aliphatic heterocycles. The fraction of sp³-hybridized carbons (Fsp3) is 0.0952. The van der Waals surface area contributed by atoms with E-state index in [0.29, 0.717) is 12.4 Å². The molecule has 0 spiro atoms. The third-order valence-electron chi connectivity index (χ3n) is 4.15. The molecule has 26 heavy (non-hydrogen) atoms. The highest BCUT2D eigenvalue weighted by Crippen LogP contribution is 2.26. The molecule has 0 fully saturated rings. The van der Waals surface area contributed by atoms with Crippen molar-refractivity contribution in [3.63, 3.8) is 0 Å². The zero-order valence-corrected chi connectivity index (χ0v) is 14.4. The lowest BCUT2D eigenvalue weighted by Gasteiger charge is -2.05. The van der Waals surface area contributed by atoms with Crippen LogP contribution >= 0.6 is 0 Å². The van der Waals surface area contributed by atoms with E-state index in [-0.39, 0.29) is 0 Å². The lowest BCUT2D eigenvalue weighted by molar-refractivity contribution is 0.398. The Morgan fingerprint density at radius 1 is 0.923 bits per heavy atom. The summed E-state index contributed by atoms with van der Waals surface area (Å²) in [4.78, 5) is 8.43. The van der Waals surface area contributed by atoms with Crippen LogP contribution in [0.1, 0.15) is 5.56 Å². The van der Waals surface area contributed by atoms with Crippen LogP contribution in [0.2, 0.25) is 0 Å². The van der Waals surface area contributed by atoms with Crippen LogP contribution in [0.25, 0.3) is 22.4 Å². The van der Waals surface area contributed by atoms with Crippen LogP contribution in [0.5, 0.6) is 5.88 Å². The zero-order chi connectivity index (χ0) is 17.8. The van der Waals surface area contributed by atoms with Crippen molar-refractivity contribution < 1.29 is 4.74 Å². The lowest BCUT2D eigenvalue weighted by Crippen LogP contribution is -2.00. The summed E-state index contributed by atoms with van der Waals surface area (Å²) < 4.78 is 7.05. The van der Waals surface area contributed by atoms with E-state index >= 15 is 0 Å². The van der Waals surface area contributed by atoms with Crippen molar-refractivity contribution in [2.45, 2.75) is 6.54 Å². The number of aromatic nitrogens is 4. The summed E-state index contributed by atoms with van der Waals surface area (Å²) in [5.41, 5.74) is 5.28. The Morgan fingerprint density at radius 3 is 2.62 bits per heavy atom. The molecule has 0 saturated carbocycles. The van der Waals surface area contributed by atoms with Gasteiger partial charge in [-0.3, -0.25) is 9.67 Å². The highest BCUT2D eigenvalue weighted by molar-refractivity contribution is 5.70. The number of nitrogens with zero attached hydrogens (tertiary/aromatic N) is 4. The predicted octanol–water partition coefficient (Wildman–Crippen LogP) is 4.06. The minimum absolute atomic E-state index is 0.610. The summed E-state index contributed by atoms with van der Waals surface area (Å²) >= 11 is 0. The van der Waals surface area contributed by atoms with Gasteiger partial charge in [0.2, 0.25) is 5.88 Å². The summed E-state index contributed by atoms with van der Waals surface area (Å²) in [5.74, 6) is 0.610. The van der Waals surface area contributed by atoms with Gasteiger partial charge >= 0.3 is 0 Å². The van der Waals surface area contributed by atoms with Gasteiger partial charge in [0, 0.05) is 42.0 Å². The van der Waals surface area contributed by atoms with Crippen LogP contribution in [0.15, 0.2) is 79.4 Å². The van der Waals surface area contributed by atoms with Crippen LogP contribution in [-0.4, -0.2) is 26.9 Å². The van der Waals surface area contributed by atoms with Gasteiger partial charge in [-0.25, -0.2) is 4.98 Å². The number of ether oxygens (including phenoxy) is 1. The van der Waals surface area contributed by atoms with Gasteiger partial charge in [-0.1, -0.05) is 24.3 Å². The van der Waals surface area contributed by atoms with Crippen molar-refractivity contribution in [1.82, 2.24) is 19.7 Å². The quantitative estimate of drug-likeness (QED) is 0.549. The number of rotatable bonds is 5. The van der Waals surface area contributed by atoms with Gasteiger partial charge in [0.15, 0.2) is 0 Å². The maximum atomic E-state index is 5.12. The van der Waals surface area contributed by atoms with Crippen LogP contribution in [0, 0.1) is 0 Å². The van der Waals surface area contributed by atoms with E-state index in [9.17, 15) is 0 Å². The summed E-state index contributed by atoms with van der Waals surface area (Å²) in [7, 11) is 1.62. The largest absolute Gasteiger partial charge is 0.481 e. The Kier molecular flexibility index (Phi) is 4.43. The second-order valence-corrected chi connectivity index (χ2v) is 5.93. The van der Waals surface area contributed by atoms with Gasteiger partial charge in [-0.15, -0.1) is 0 Å². The number of methoxy groups -OCH3 is 1. The Balaban J connectivity index is 1.58. The van der Waals surface area contributed by atoms with Gasteiger partial charge in [0.1, 0.15) is 0 Å². The average Bonchev–Trinajstić information content (AvgIpc) is 3.17. The van der Waals surface area contributed by atoms with E-state index in [2.05, 4.69) is 28.2 Å². The zero-order valence-electron chi connectivity index (χ0n) is 14.4. The molecule has 5 nitrogen and oxygen atoms in total. The summed E-state index contributed by atoms with van der Waals surface area (Å²) in [6.07, 6.45) is 7.44. The topological polar surface area (TPSA) is 52.8 Å². The van der Waals surface area contributed by atoms with Crippen molar-refractivity contribution in [2.24, 2.45) is 0 Å². The molecule has 1 aromatic carbocycles. The van der Waals surface area contributed by atoms with Crippen molar-refractivity contribution >= 4 is 0 Å². The SMILES string of the molecule is COc1ccc(-c2cccc(-c3ccn(Cc4cccnc4)n3)c2)cn1. The number of pyridine rings is 2. The first kappa shape index (κ1) is 16.0. The Morgan fingerprint density at radius 2 is 1.85 bits per heavy atom. The van der Waals surface area contributed by atoms with Gasteiger partial charge in [-0.05, 0) is 35.4 Å². The average molecular weight is 342 g/mol. The van der Waals surface area contributed by atoms with Crippen molar-refractivity contribution in [1.29, 1.82) is 0 Å². The van der Waals surface area contributed by atoms with E-state index < -0.39 is 0 Å². The van der Waals surface area contributed by atoms with Gasteiger partial charge in [0.25, 0.3) is 0 Å². The molecule has 0 aliphatic rings. The summed E-state index contributed by atoms with van der Waals surface area (Å²) in [6, 6.07) is 18.2. The van der Waals surface area contributed by atoms with Crippen LogP contribution < -0.4 is 4.74 Å². The second kappa shape index (κ2) is 7.19. The first-order chi connectivity index (χ1) is 12.8. The molecular formula is C21H18N4O. The van der Waals surface area contributed by atoms with Crippen LogP contribution in [-0.2, 0) is 6.54 Å². The van der Waals surface area contributed by atoms with Crippen molar-refractivity contribution in [3.8, 4) is 28.3 Å². The smallest absolute Gasteiger partial charge is 0.212 e. The predicted molar refractivity (Wildman–Crippen MR) is 101 cm³/mol. The Labute approximate surface area is 151 Å². The number of hydrogen-bond donors (Lipinski definition) is 0. The molecule has 128 valence electrons. The monoisotopic (exact) mass is 342 g/mol. The minimum Gasteiger partial charge on any atom is -0.481 e. The molecule has 0 aliphatic carbocycles. The highest BCUT2D eigenvalue weighted by Gasteiger charge is 2.06. The molecule has 0 amide bonds. The van der Waals surface area contributed by atoms with E-state index in [0.717, 1.165) is 27.9 Å². The molecular weight excluding hydrogens is 324 g/mol. The fourth-order valence-electron chi connectivity index (χ4n) is 2.81. The van der Waals surface area contributed by atoms with Crippen LogP contribution in [0.3, 0.4) is 0 Å². The molecule has 4 rings (SSSR count). The van der Waals surface area contributed by atoms with Crippen LogP contribution in [0.4, 0.5) is 0 Å². The molecule has 0 atom stereocenters. The molecule has 3 heterocycles. The molecule has 0 bridgehead atoms. The number of benzene rings is 1. The van der Waals surface area contributed by atoms with E-state index in [4.69, 9.17) is 9.84 Å². The summed E-state index contributed by atoms with van der Waals surface area (Å²) in [6.45, 7) is 0.704. The van der Waals surface area contributed by atoms with E-state index in [1.165, 1.54) is 0 Å². The minimum atomic E-state index is 0.610. The van der Waals surface area contributed by atoms with Gasteiger partial charge in [-0.2, -0.15) is 5.10 Å². The second-order valence-electron chi connectivity index (χ2n) is 5.93. The normalized spacial score (nSPS) is 10.7. The Bertz CT molecular complexity index is 994. The van der Waals surface area contributed by atoms with E-state index in [1.807, 2.05) is 59.7 Å². The highest BCUT2D eigenvalue weighted by atomic mass is 16.5. The van der Waals surface area contributed by atoms with E-state index in [1.54, 1.807) is 13.3 Å². The molecule has 3 aromatic heterocycles. The first-order valence-corrected chi connectivity index (χ1v) is 8.35. The summed E-state index contributed by atoms with van der Waals surface area (Å²) in [5, 5.41) is 4.69. The first-order valence-electron chi connectivity index (χ1n) is 8.35.